The number of halogens is 1. The lowest BCUT2D eigenvalue weighted by atomic mass is 10.1. The monoisotopic (exact) mass is 347 g/mol. The van der Waals surface area contributed by atoms with Gasteiger partial charge in [-0.25, -0.2) is 4.98 Å². The van der Waals surface area contributed by atoms with E-state index in [0.717, 1.165) is 10.0 Å². The molecule has 0 saturated heterocycles. The number of carbonyl (C=O) groups is 1. The van der Waals surface area contributed by atoms with Gasteiger partial charge in [-0.2, -0.15) is 0 Å². The van der Waals surface area contributed by atoms with Gasteiger partial charge in [-0.05, 0) is 41.4 Å². The van der Waals surface area contributed by atoms with Gasteiger partial charge in [0.05, 0.1) is 5.56 Å². The van der Waals surface area contributed by atoms with Gasteiger partial charge in [-0.15, -0.1) is 0 Å². The van der Waals surface area contributed by atoms with E-state index in [9.17, 15) is 4.79 Å². The summed E-state index contributed by atoms with van der Waals surface area (Å²) in [7, 11) is 0. The fourth-order valence-corrected chi connectivity index (χ4v) is 2.24. The summed E-state index contributed by atoms with van der Waals surface area (Å²) in [5.41, 5.74) is 2.82. The maximum Gasteiger partial charge on any atom is 0.255 e. The van der Waals surface area contributed by atoms with E-state index in [1.54, 1.807) is 12.3 Å². The van der Waals surface area contributed by atoms with Crippen molar-refractivity contribution in [3.8, 4) is 0 Å². The number of carbonyl (C=O) groups excluding carboxylic acids is 1. The Bertz CT molecular complexity index is 626. The molecule has 2 N–H and O–H groups in total. The van der Waals surface area contributed by atoms with Crippen LogP contribution in [0.15, 0.2) is 41.0 Å². The SMILES string of the molecule is CCNc1ncc(Br)cc1C(=O)NCc1ccc(C)cc1. The van der Waals surface area contributed by atoms with E-state index in [2.05, 4.69) is 31.5 Å². The van der Waals surface area contributed by atoms with E-state index in [1.165, 1.54) is 5.56 Å². The number of pyridine rings is 1. The van der Waals surface area contributed by atoms with E-state index in [-0.39, 0.29) is 5.91 Å². The number of hydrogen-bond acceptors (Lipinski definition) is 3. The van der Waals surface area contributed by atoms with Gasteiger partial charge in [0.25, 0.3) is 5.91 Å². The van der Waals surface area contributed by atoms with E-state index >= 15 is 0 Å². The molecule has 2 aromatic rings. The lowest BCUT2D eigenvalue weighted by Gasteiger charge is -2.11. The summed E-state index contributed by atoms with van der Waals surface area (Å²) in [6.45, 7) is 5.22. The van der Waals surface area contributed by atoms with Crippen molar-refractivity contribution >= 4 is 27.7 Å². The maximum atomic E-state index is 12.3. The summed E-state index contributed by atoms with van der Waals surface area (Å²) in [4.78, 5) is 16.6. The first-order valence-electron chi connectivity index (χ1n) is 6.83. The number of aryl methyl sites for hydroxylation is 1. The summed E-state index contributed by atoms with van der Waals surface area (Å²) in [5.74, 6) is 0.461. The molecule has 5 heteroatoms. The fraction of sp³-hybridized carbons (Fsp3) is 0.250. The zero-order valence-electron chi connectivity index (χ0n) is 12.1. The molecule has 0 aliphatic carbocycles. The maximum absolute atomic E-state index is 12.3. The predicted molar refractivity (Wildman–Crippen MR) is 88.4 cm³/mol. The minimum absolute atomic E-state index is 0.139. The molecule has 4 nitrogen and oxygen atoms in total. The summed E-state index contributed by atoms with van der Waals surface area (Å²) >= 11 is 3.35. The Labute approximate surface area is 133 Å². The molecule has 0 bridgehead atoms. The predicted octanol–water partition coefficient (Wildman–Crippen LogP) is 3.51. The molecule has 0 spiro atoms. The van der Waals surface area contributed by atoms with Crippen LogP contribution in [0.25, 0.3) is 0 Å². The Morgan fingerprint density at radius 3 is 2.67 bits per heavy atom. The van der Waals surface area contributed by atoms with Crippen LogP contribution < -0.4 is 10.6 Å². The molecule has 1 aromatic heterocycles. The van der Waals surface area contributed by atoms with Crippen molar-refractivity contribution in [3.05, 3.63) is 57.7 Å². The zero-order chi connectivity index (χ0) is 15.2. The zero-order valence-corrected chi connectivity index (χ0v) is 13.7. The standard InChI is InChI=1S/C16H18BrN3O/c1-3-18-15-14(8-13(17)10-19-15)16(21)20-9-12-6-4-11(2)5-7-12/h4-8,10H,3,9H2,1-2H3,(H,18,19)(H,20,21). The number of rotatable bonds is 5. The molecule has 0 atom stereocenters. The number of benzene rings is 1. The van der Waals surface area contributed by atoms with Crippen molar-refractivity contribution in [2.45, 2.75) is 20.4 Å². The van der Waals surface area contributed by atoms with Crippen molar-refractivity contribution in [3.63, 3.8) is 0 Å². The van der Waals surface area contributed by atoms with Crippen LogP contribution in [0.5, 0.6) is 0 Å². The molecule has 0 saturated carbocycles. The lowest BCUT2D eigenvalue weighted by molar-refractivity contribution is 0.0951. The van der Waals surface area contributed by atoms with Crippen LogP contribution in [-0.2, 0) is 6.54 Å². The number of nitrogens with one attached hydrogen (secondary N) is 2. The van der Waals surface area contributed by atoms with Crippen molar-refractivity contribution in [2.24, 2.45) is 0 Å². The van der Waals surface area contributed by atoms with Crippen molar-refractivity contribution in [1.82, 2.24) is 10.3 Å². The lowest BCUT2D eigenvalue weighted by Crippen LogP contribution is -2.24. The third kappa shape index (κ3) is 4.29. The van der Waals surface area contributed by atoms with Crippen LogP contribution in [0.3, 0.4) is 0 Å². The summed E-state index contributed by atoms with van der Waals surface area (Å²) in [6.07, 6.45) is 1.68. The van der Waals surface area contributed by atoms with Gasteiger partial charge in [0.1, 0.15) is 5.82 Å². The molecule has 0 unspecified atom stereocenters. The molecule has 0 radical (unpaired) electrons. The van der Waals surface area contributed by atoms with Gasteiger partial charge in [-0.3, -0.25) is 4.79 Å². The second-order valence-corrected chi connectivity index (χ2v) is 5.66. The van der Waals surface area contributed by atoms with Gasteiger partial charge in [0.2, 0.25) is 0 Å². The van der Waals surface area contributed by atoms with E-state index < -0.39 is 0 Å². The molecule has 1 aromatic carbocycles. The Morgan fingerprint density at radius 1 is 1.29 bits per heavy atom. The number of nitrogens with zero attached hydrogens (tertiary/aromatic N) is 1. The molecule has 2 rings (SSSR count). The molecule has 0 aliphatic rings. The Hall–Kier alpha value is -1.88. The van der Waals surface area contributed by atoms with E-state index in [4.69, 9.17) is 0 Å². The fourth-order valence-electron chi connectivity index (χ4n) is 1.90. The van der Waals surface area contributed by atoms with Crippen molar-refractivity contribution < 1.29 is 4.79 Å². The van der Waals surface area contributed by atoms with Gasteiger partial charge in [-0.1, -0.05) is 29.8 Å². The minimum Gasteiger partial charge on any atom is -0.370 e. The highest BCUT2D eigenvalue weighted by Gasteiger charge is 2.12. The van der Waals surface area contributed by atoms with Gasteiger partial charge in [0, 0.05) is 23.8 Å². The van der Waals surface area contributed by atoms with Crippen LogP contribution in [0.1, 0.15) is 28.4 Å². The highest BCUT2D eigenvalue weighted by molar-refractivity contribution is 9.10. The van der Waals surface area contributed by atoms with Gasteiger partial charge < -0.3 is 10.6 Å². The number of anilines is 1. The summed E-state index contributed by atoms with van der Waals surface area (Å²) in [5, 5.41) is 6.02. The number of hydrogen-bond donors (Lipinski definition) is 2. The molecule has 1 amide bonds. The largest absolute Gasteiger partial charge is 0.370 e. The minimum atomic E-state index is -0.139. The summed E-state index contributed by atoms with van der Waals surface area (Å²) in [6, 6.07) is 9.87. The average molecular weight is 348 g/mol. The molecule has 0 fully saturated rings. The van der Waals surface area contributed by atoms with Crippen LogP contribution >= 0.6 is 15.9 Å². The molecule has 1 heterocycles. The highest BCUT2D eigenvalue weighted by atomic mass is 79.9. The first-order chi connectivity index (χ1) is 10.1. The van der Waals surface area contributed by atoms with Gasteiger partial charge in [0.15, 0.2) is 0 Å². The van der Waals surface area contributed by atoms with Crippen molar-refractivity contribution in [2.75, 3.05) is 11.9 Å². The van der Waals surface area contributed by atoms with Crippen LogP contribution in [0, 0.1) is 6.92 Å². The topological polar surface area (TPSA) is 54.0 Å². The molecular weight excluding hydrogens is 330 g/mol. The Kier molecular flexibility index (Phi) is 5.33. The third-order valence-electron chi connectivity index (χ3n) is 3.02. The average Bonchev–Trinajstić information content (AvgIpc) is 2.48. The first-order valence-corrected chi connectivity index (χ1v) is 7.62. The Morgan fingerprint density at radius 2 is 2.00 bits per heavy atom. The second-order valence-electron chi connectivity index (χ2n) is 4.75. The second kappa shape index (κ2) is 7.22. The highest BCUT2D eigenvalue weighted by Crippen LogP contribution is 2.18. The molecule has 110 valence electrons. The quantitative estimate of drug-likeness (QED) is 0.869. The smallest absolute Gasteiger partial charge is 0.255 e. The molecule has 21 heavy (non-hydrogen) atoms. The number of amides is 1. The normalized spacial score (nSPS) is 10.2. The van der Waals surface area contributed by atoms with Gasteiger partial charge >= 0.3 is 0 Å². The van der Waals surface area contributed by atoms with Crippen LogP contribution in [0.4, 0.5) is 5.82 Å². The van der Waals surface area contributed by atoms with E-state index in [1.807, 2.05) is 38.1 Å². The number of aromatic nitrogens is 1. The first kappa shape index (κ1) is 15.5. The summed E-state index contributed by atoms with van der Waals surface area (Å²) < 4.78 is 0.782. The van der Waals surface area contributed by atoms with Crippen LogP contribution in [0.2, 0.25) is 0 Å². The van der Waals surface area contributed by atoms with E-state index in [0.29, 0.717) is 24.5 Å². The van der Waals surface area contributed by atoms with Crippen LogP contribution in [-0.4, -0.2) is 17.4 Å². The third-order valence-corrected chi connectivity index (χ3v) is 3.45. The molecule has 0 aliphatic heterocycles. The Balaban J connectivity index is 2.09. The molecular formula is C16H18BrN3O. The van der Waals surface area contributed by atoms with Crippen molar-refractivity contribution in [1.29, 1.82) is 0 Å².